The van der Waals surface area contributed by atoms with E-state index in [4.69, 9.17) is 8.83 Å². The van der Waals surface area contributed by atoms with Gasteiger partial charge in [0.15, 0.2) is 11.7 Å². The molecule has 4 heteroatoms. The van der Waals surface area contributed by atoms with Crippen LogP contribution in [0.3, 0.4) is 0 Å². The van der Waals surface area contributed by atoms with Crippen molar-refractivity contribution in [3.05, 3.63) is 29.7 Å². The van der Waals surface area contributed by atoms with Crippen molar-refractivity contribution < 1.29 is 8.83 Å². The van der Waals surface area contributed by atoms with Gasteiger partial charge in [-0.05, 0) is 19.9 Å². The van der Waals surface area contributed by atoms with E-state index in [9.17, 15) is 0 Å². The Morgan fingerprint density at radius 1 is 1.28 bits per heavy atom. The van der Waals surface area contributed by atoms with Crippen molar-refractivity contribution in [2.45, 2.75) is 40.2 Å². The summed E-state index contributed by atoms with van der Waals surface area (Å²) >= 11 is 0. The molecule has 18 heavy (non-hydrogen) atoms. The van der Waals surface area contributed by atoms with Crippen LogP contribution in [0.15, 0.2) is 21.1 Å². The molecule has 0 aliphatic carbocycles. The Balaban J connectivity index is 2.04. The van der Waals surface area contributed by atoms with Crippen LogP contribution in [-0.4, -0.2) is 17.6 Å². The van der Waals surface area contributed by atoms with Crippen molar-refractivity contribution in [3.63, 3.8) is 0 Å². The van der Waals surface area contributed by atoms with Crippen LogP contribution in [0, 0.1) is 13.8 Å². The second-order valence-corrected chi connectivity index (χ2v) is 4.80. The Bertz CT molecular complexity index is 512. The number of aromatic nitrogens is 1. The summed E-state index contributed by atoms with van der Waals surface area (Å²) in [7, 11) is 0. The van der Waals surface area contributed by atoms with E-state index >= 15 is 0 Å². The Hall–Kier alpha value is -1.55. The van der Waals surface area contributed by atoms with Gasteiger partial charge < -0.3 is 14.2 Å². The number of hydrogen-bond acceptors (Lipinski definition) is 4. The van der Waals surface area contributed by atoms with Crippen molar-refractivity contribution >= 4 is 0 Å². The van der Waals surface area contributed by atoms with Crippen LogP contribution in [0.25, 0.3) is 11.3 Å². The Kier molecular flexibility index (Phi) is 3.87. The second kappa shape index (κ2) is 5.40. The maximum absolute atomic E-state index is 5.73. The van der Waals surface area contributed by atoms with Crippen molar-refractivity contribution in [2.24, 2.45) is 0 Å². The lowest BCUT2D eigenvalue weighted by atomic mass is 10.2. The van der Waals surface area contributed by atoms with Crippen LogP contribution in [0.1, 0.15) is 31.3 Å². The first-order valence-corrected chi connectivity index (χ1v) is 6.31. The Morgan fingerprint density at radius 3 is 2.67 bits per heavy atom. The molecular formula is C14H20N2O2. The molecule has 0 saturated carbocycles. The molecule has 0 aliphatic rings. The summed E-state index contributed by atoms with van der Waals surface area (Å²) in [4.78, 5) is 4.29. The van der Waals surface area contributed by atoms with E-state index in [1.807, 2.05) is 19.9 Å². The molecule has 0 radical (unpaired) electrons. The van der Waals surface area contributed by atoms with E-state index in [2.05, 4.69) is 24.1 Å². The number of furan rings is 1. The maximum atomic E-state index is 5.73. The van der Waals surface area contributed by atoms with Gasteiger partial charge in [0.2, 0.25) is 0 Å². The lowest BCUT2D eigenvalue weighted by Crippen LogP contribution is -2.24. The van der Waals surface area contributed by atoms with Crippen molar-refractivity contribution in [3.8, 4) is 11.3 Å². The highest BCUT2D eigenvalue weighted by atomic mass is 16.4. The summed E-state index contributed by atoms with van der Waals surface area (Å²) < 4.78 is 11.2. The Morgan fingerprint density at radius 2 is 2.06 bits per heavy atom. The molecule has 0 aromatic carbocycles. The summed E-state index contributed by atoms with van der Waals surface area (Å²) in [5.41, 5.74) is 0.989. The fourth-order valence-electron chi connectivity index (χ4n) is 1.89. The number of hydrogen-bond donors (Lipinski definition) is 1. The fraction of sp³-hybridized carbons (Fsp3) is 0.500. The average molecular weight is 248 g/mol. The predicted octanol–water partition coefficient (Wildman–Crippen LogP) is 3.09. The number of aryl methyl sites for hydroxylation is 2. The van der Waals surface area contributed by atoms with Gasteiger partial charge in [-0.1, -0.05) is 13.8 Å². The maximum Gasteiger partial charge on any atom is 0.196 e. The summed E-state index contributed by atoms with van der Waals surface area (Å²) in [5.74, 6) is 3.30. The quantitative estimate of drug-likeness (QED) is 0.883. The number of nitrogens with zero attached hydrogens (tertiary/aromatic N) is 1. The zero-order chi connectivity index (χ0) is 13.1. The minimum absolute atomic E-state index is 0.484. The van der Waals surface area contributed by atoms with Crippen molar-refractivity contribution in [1.82, 2.24) is 10.3 Å². The number of nitrogens with one attached hydrogen (secondary N) is 1. The van der Waals surface area contributed by atoms with Gasteiger partial charge in [-0.25, -0.2) is 4.98 Å². The summed E-state index contributed by atoms with van der Waals surface area (Å²) in [5, 5.41) is 3.34. The SMILES string of the molecule is Cc1cc(-c2cnc(CCNC(C)C)o2)c(C)o1. The normalized spacial score (nSPS) is 11.4. The van der Waals surface area contributed by atoms with Crippen LogP contribution >= 0.6 is 0 Å². The predicted molar refractivity (Wildman–Crippen MR) is 70.5 cm³/mol. The molecule has 4 nitrogen and oxygen atoms in total. The third-order valence-electron chi connectivity index (χ3n) is 2.75. The molecule has 0 bridgehead atoms. The molecule has 0 amide bonds. The highest BCUT2D eigenvalue weighted by molar-refractivity contribution is 5.59. The van der Waals surface area contributed by atoms with Gasteiger partial charge in [-0.15, -0.1) is 0 Å². The van der Waals surface area contributed by atoms with Gasteiger partial charge in [-0.3, -0.25) is 0 Å². The minimum atomic E-state index is 0.484. The topological polar surface area (TPSA) is 51.2 Å². The van der Waals surface area contributed by atoms with Gasteiger partial charge >= 0.3 is 0 Å². The molecule has 0 unspecified atom stereocenters. The van der Waals surface area contributed by atoms with Crippen LogP contribution in [-0.2, 0) is 6.42 Å². The van der Waals surface area contributed by atoms with Gasteiger partial charge in [0.25, 0.3) is 0 Å². The molecule has 0 atom stereocenters. The van der Waals surface area contributed by atoms with E-state index in [-0.39, 0.29) is 0 Å². The summed E-state index contributed by atoms with van der Waals surface area (Å²) in [6.45, 7) is 8.99. The molecule has 2 rings (SSSR count). The van der Waals surface area contributed by atoms with Gasteiger partial charge in [0.1, 0.15) is 11.5 Å². The van der Waals surface area contributed by atoms with Crippen molar-refractivity contribution in [1.29, 1.82) is 0 Å². The molecule has 2 heterocycles. The molecule has 2 aromatic rings. The molecule has 98 valence electrons. The van der Waals surface area contributed by atoms with Crippen LogP contribution in [0.4, 0.5) is 0 Å². The largest absolute Gasteiger partial charge is 0.466 e. The highest BCUT2D eigenvalue weighted by Crippen LogP contribution is 2.27. The Labute approximate surface area is 107 Å². The number of rotatable bonds is 5. The first kappa shape index (κ1) is 12.9. The molecule has 2 aromatic heterocycles. The third kappa shape index (κ3) is 3.01. The van der Waals surface area contributed by atoms with E-state index in [0.717, 1.165) is 41.7 Å². The van der Waals surface area contributed by atoms with Gasteiger partial charge in [0.05, 0.1) is 11.8 Å². The second-order valence-electron chi connectivity index (χ2n) is 4.80. The zero-order valence-electron chi connectivity index (χ0n) is 11.4. The molecule has 0 spiro atoms. The molecule has 0 aliphatic heterocycles. The molecular weight excluding hydrogens is 228 g/mol. The summed E-state index contributed by atoms with van der Waals surface area (Å²) in [6.07, 6.45) is 2.57. The van der Waals surface area contributed by atoms with Gasteiger partial charge in [0, 0.05) is 19.0 Å². The van der Waals surface area contributed by atoms with E-state index in [1.54, 1.807) is 6.20 Å². The lowest BCUT2D eigenvalue weighted by Gasteiger charge is -2.05. The zero-order valence-corrected chi connectivity index (χ0v) is 11.4. The van der Waals surface area contributed by atoms with E-state index in [0.29, 0.717) is 6.04 Å². The average Bonchev–Trinajstić information content (AvgIpc) is 2.85. The van der Waals surface area contributed by atoms with Crippen LogP contribution < -0.4 is 5.32 Å². The van der Waals surface area contributed by atoms with Gasteiger partial charge in [-0.2, -0.15) is 0 Å². The number of oxazole rings is 1. The first-order valence-electron chi connectivity index (χ1n) is 6.31. The fourth-order valence-corrected chi connectivity index (χ4v) is 1.89. The van der Waals surface area contributed by atoms with E-state index < -0.39 is 0 Å². The molecule has 0 saturated heterocycles. The third-order valence-corrected chi connectivity index (χ3v) is 2.75. The minimum Gasteiger partial charge on any atom is -0.466 e. The van der Waals surface area contributed by atoms with Crippen LogP contribution in [0.5, 0.6) is 0 Å². The lowest BCUT2D eigenvalue weighted by molar-refractivity contribution is 0.480. The van der Waals surface area contributed by atoms with E-state index in [1.165, 1.54) is 0 Å². The summed E-state index contributed by atoms with van der Waals surface area (Å²) in [6, 6.07) is 2.46. The monoisotopic (exact) mass is 248 g/mol. The van der Waals surface area contributed by atoms with Crippen molar-refractivity contribution in [2.75, 3.05) is 6.54 Å². The smallest absolute Gasteiger partial charge is 0.196 e. The first-order chi connectivity index (χ1) is 8.56. The standard InChI is InChI=1S/C14H20N2O2/c1-9(2)15-6-5-14-16-8-13(18-14)12-7-10(3)17-11(12)4/h7-9,15H,5-6H2,1-4H3. The highest BCUT2D eigenvalue weighted by Gasteiger charge is 2.12. The molecule has 1 N–H and O–H groups in total. The molecule has 0 fully saturated rings. The van der Waals surface area contributed by atoms with Crippen LogP contribution in [0.2, 0.25) is 0 Å².